The molecule has 3 amide bonds. The van der Waals surface area contributed by atoms with E-state index >= 15 is 0 Å². The molecular weight excluding hydrogens is 302 g/mol. The summed E-state index contributed by atoms with van der Waals surface area (Å²) in [6.07, 6.45) is 0.768. The van der Waals surface area contributed by atoms with Gasteiger partial charge in [-0.15, -0.1) is 0 Å². The van der Waals surface area contributed by atoms with Crippen LogP contribution in [0, 0.1) is 0 Å². The Labute approximate surface area is 136 Å². The standard InChI is InChI=1S/C15H27N3O5/c1-14(2,3)23-13(21)17-8-5-11(19)18-15(6-7-15)12(20)16-9-10-22-4/h5-10H2,1-4H3,(H,16,20)(H,17,21)(H,18,19). The highest BCUT2D eigenvalue weighted by Crippen LogP contribution is 2.35. The second-order valence-corrected chi connectivity index (χ2v) is 6.56. The van der Waals surface area contributed by atoms with Crippen molar-refractivity contribution in [2.24, 2.45) is 0 Å². The number of hydrogen-bond donors (Lipinski definition) is 3. The summed E-state index contributed by atoms with van der Waals surface area (Å²) in [5.74, 6) is -0.469. The second-order valence-electron chi connectivity index (χ2n) is 6.56. The van der Waals surface area contributed by atoms with Gasteiger partial charge in [-0.1, -0.05) is 0 Å². The molecule has 0 saturated heterocycles. The van der Waals surface area contributed by atoms with Crippen LogP contribution in [0.15, 0.2) is 0 Å². The Hall–Kier alpha value is -1.83. The Morgan fingerprint density at radius 3 is 2.26 bits per heavy atom. The van der Waals surface area contributed by atoms with Crippen molar-refractivity contribution >= 4 is 17.9 Å². The van der Waals surface area contributed by atoms with Crippen molar-refractivity contribution in [3.63, 3.8) is 0 Å². The van der Waals surface area contributed by atoms with Crippen molar-refractivity contribution in [1.29, 1.82) is 0 Å². The molecular formula is C15H27N3O5. The zero-order valence-electron chi connectivity index (χ0n) is 14.3. The van der Waals surface area contributed by atoms with E-state index < -0.39 is 17.2 Å². The van der Waals surface area contributed by atoms with Crippen LogP contribution in [0.3, 0.4) is 0 Å². The molecule has 132 valence electrons. The maximum absolute atomic E-state index is 12.0. The molecule has 8 nitrogen and oxygen atoms in total. The molecule has 0 atom stereocenters. The van der Waals surface area contributed by atoms with E-state index in [2.05, 4.69) is 16.0 Å². The molecule has 1 rings (SSSR count). The Bertz CT molecular complexity index is 441. The predicted octanol–water partition coefficient (Wildman–Crippen LogP) is 0.313. The average Bonchev–Trinajstić information content (AvgIpc) is 3.17. The van der Waals surface area contributed by atoms with Crippen LogP contribution in [0.4, 0.5) is 4.79 Å². The average molecular weight is 329 g/mol. The first-order valence-corrected chi connectivity index (χ1v) is 7.74. The van der Waals surface area contributed by atoms with E-state index in [1.54, 1.807) is 27.9 Å². The Balaban J connectivity index is 2.26. The number of amides is 3. The molecule has 0 spiro atoms. The van der Waals surface area contributed by atoms with Crippen LogP contribution in [0.1, 0.15) is 40.0 Å². The fraction of sp³-hybridized carbons (Fsp3) is 0.800. The molecule has 0 aliphatic heterocycles. The topological polar surface area (TPSA) is 106 Å². The summed E-state index contributed by atoms with van der Waals surface area (Å²) in [5, 5.41) is 7.96. The van der Waals surface area contributed by atoms with Gasteiger partial charge in [-0.2, -0.15) is 0 Å². The van der Waals surface area contributed by atoms with Gasteiger partial charge < -0.3 is 25.4 Å². The van der Waals surface area contributed by atoms with Crippen molar-refractivity contribution in [2.45, 2.75) is 51.2 Å². The number of carbonyl (C=O) groups excluding carboxylic acids is 3. The van der Waals surface area contributed by atoms with Crippen LogP contribution in [0.25, 0.3) is 0 Å². The van der Waals surface area contributed by atoms with Gasteiger partial charge in [-0.05, 0) is 33.6 Å². The third-order valence-electron chi connectivity index (χ3n) is 3.18. The molecule has 0 bridgehead atoms. The van der Waals surface area contributed by atoms with E-state index in [1.807, 2.05) is 0 Å². The number of rotatable bonds is 8. The number of ether oxygens (including phenoxy) is 2. The van der Waals surface area contributed by atoms with Crippen LogP contribution in [0.2, 0.25) is 0 Å². The third kappa shape index (κ3) is 7.32. The number of carbonyl (C=O) groups is 3. The lowest BCUT2D eigenvalue weighted by molar-refractivity contribution is -0.130. The molecule has 0 aromatic rings. The van der Waals surface area contributed by atoms with Crippen molar-refractivity contribution in [3.8, 4) is 0 Å². The van der Waals surface area contributed by atoms with Crippen LogP contribution < -0.4 is 16.0 Å². The fourth-order valence-corrected chi connectivity index (χ4v) is 1.89. The highest BCUT2D eigenvalue weighted by atomic mass is 16.6. The predicted molar refractivity (Wildman–Crippen MR) is 83.8 cm³/mol. The van der Waals surface area contributed by atoms with Crippen molar-refractivity contribution in [2.75, 3.05) is 26.8 Å². The molecule has 23 heavy (non-hydrogen) atoms. The normalized spacial score (nSPS) is 15.5. The van der Waals surface area contributed by atoms with Gasteiger partial charge in [0.1, 0.15) is 11.1 Å². The van der Waals surface area contributed by atoms with Crippen molar-refractivity contribution < 1.29 is 23.9 Å². The number of methoxy groups -OCH3 is 1. The summed E-state index contributed by atoms with van der Waals surface area (Å²) in [6.45, 7) is 6.28. The van der Waals surface area contributed by atoms with E-state index in [0.29, 0.717) is 26.0 Å². The van der Waals surface area contributed by atoms with Gasteiger partial charge >= 0.3 is 6.09 Å². The zero-order chi connectivity index (χ0) is 17.5. The molecule has 1 aliphatic carbocycles. The van der Waals surface area contributed by atoms with E-state index in [-0.39, 0.29) is 24.8 Å². The quantitative estimate of drug-likeness (QED) is 0.556. The molecule has 1 aliphatic rings. The molecule has 0 heterocycles. The smallest absolute Gasteiger partial charge is 0.407 e. The van der Waals surface area contributed by atoms with Gasteiger partial charge in [0.05, 0.1) is 6.61 Å². The van der Waals surface area contributed by atoms with Gasteiger partial charge in [-0.3, -0.25) is 9.59 Å². The fourth-order valence-electron chi connectivity index (χ4n) is 1.89. The summed E-state index contributed by atoms with van der Waals surface area (Å²) in [5.41, 5.74) is -1.37. The molecule has 0 aromatic heterocycles. The molecule has 3 N–H and O–H groups in total. The minimum atomic E-state index is -0.795. The van der Waals surface area contributed by atoms with Gasteiger partial charge in [0.15, 0.2) is 0 Å². The maximum Gasteiger partial charge on any atom is 0.407 e. The van der Waals surface area contributed by atoms with Crippen molar-refractivity contribution in [1.82, 2.24) is 16.0 Å². The molecule has 0 unspecified atom stereocenters. The summed E-state index contributed by atoms with van der Waals surface area (Å²) in [4.78, 5) is 35.3. The lowest BCUT2D eigenvalue weighted by Crippen LogP contribution is -2.50. The second kappa shape index (κ2) is 8.14. The third-order valence-corrected chi connectivity index (χ3v) is 3.18. The number of hydrogen-bond acceptors (Lipinski definition) is 5. The Morgan fingerprint density at radius 1 is 1.09 bits per heavy atom. The summed E-state index contributed by atoms with van der Waals surface area (Å²) >= 11 is 0. The number of alkyl carbamates (subject to hydrolysis) is 1. The van der Waals surface area contributed by atoms with Gasteiger partial charge in [0.2, 0.25) is 11.8 Å². The SMILES string of the molecule is COCCNC(=O)C1(NC(=O)CCNC(=O)OC(C)(C)C)CC1. The highest BCUT2D eigenvalue weighted by Gasteiger charge is 2.50. The van der Waals surface area contributed by atoms with E-state index in [9.17, 15) is 14.4 Å². The molecule has 1 saturated carbocycles. The first-order valence-electron chi connectivity index (χ1n) is 7.74. The minimum absolute atomic E-state index is 0.0896. The Kier molecular flexibility index (Phi) is 6.80. The summed E-state index contributed by atoms with van der Waals surface area (Å²) in [6, 6.07) is 0. The number of nitrogens with one attached hydrogen (secondary N) is 3. The molecule has 1 fully saturated rings. The maximum atomic E-state index is 12.0. The lowest BCUT2D eigenvalue weighted by Gasteiger charge is -2.20. The molecule has 0 radical (unpaired) electrons. The van der Waals surface area contributed by atoms with Crippen LogP contribution >= 0.6 is 0 Å². The minimum Gasteiger partial charge on any atom is -0.444 e. The molecule has 8 heteroatoms. The van der Waals surface area contributed by atoms with Gasteiger partial charge in [0, 0.05) is 26.6 Å². The lowest BCUT2D eigenvalue weighted by atomic mass is 10.2. The monoisotopic (exact) mass is 329 g/mol. The van der Waals surface area contributed by atoms with Gasteiger partial charge in [0.25, 0.3) is 0 Å². The largest absolute Gasteiger partial charge is 0.444 e. The van der Waals surface area contributed by atoms with Crippen LogP contribution in [-0.4, -0.2) is 55.9 Å². The first kappa shape index (κ1) is 19.2. The summed E-state index contributed by atoms with van der Waals surface area (Å²) in [7, 11) is 1.55. The summed E-state index contributed by atoms with van der Waals surface area (Å²) < 4.78 is 9.93. The van der Waals surface area contributed by atoms with E-state index in [0.717, 1.165) is 0 Å². The van der Waals surface area contributed by atoms with E-state index in [4.69, 9.17) is 9.47 Å². The highest BCUT2D eigenvalue weighted by molar-refractivity contribution is 5.94. The molecule has 0 aromatic carbocycles. The van der Waals surface area contributed by atoms with Gasteiger partial charge in [-0.25, -0.2) is 4.79 Å². The van der Waals surface area contributed by atoms with E-state index in [1.165, 1.54) is 0 Å². The van der Waals surface area contributed by atoms with Crippen molar-refractivity contribution in [3.05, 3.63) is 0 Å². The Morgan fingerprint density at radius 2 is 1.74 bits per heavy atom. The van der Waals surface area contributed by atoms with Crippen LogP contribution in [0.5, 0.6) is 0 Å². The first-order chi connectivity index (χ1) is 10.7. The zero-order valence-corrected chi connectivity index (χ0v) is 14.3. The van der Waals surface area contributed by atoms with Crippen LogP contribution in [-0.2, 0) is 19.1 Å².